The molecule has 2 aromatic heterocycles. The van der Waals surface area contributed by atoms with Crippen LogP contribution in [0, 0.1) is 6.92 Å². The molecule has 0 aliphatic rings. The lowest BCUT2D eigenvalue weighted by Gasteiger charge is -2.09. The number of aromatic nitrogens is 3. The van der Waals surface area contributed by atoms with Crippen LogP contribution in [0.4, 0.5) is 5.69 Å². The minimum Gasteiger partial charge on any atom is -0.399 e. The van der Waals surface area contributed by atoms with Crippen LogP contribution in [0.3, 0.4) is 0 Å². The van der Waals surface area contributed by atoms with Crippen molar-refractivity contribution in [3.63, 3.8) is 0 Å². The van der Waals surface area contributed by atoms with Gasteiger partial charge in [0.1, 0.15) is 5.82 Å². The third kappa shape index (κ3) is 2.40. The average Bonchev–Trinajstić information content (AvgIpc) is 2.90. The lowest BCUT2D eigenvalue weighted by Crippen LogP contribution is -2.04. The third-order valence-electron chi connectivity index (χ3n) is 3.32. The molecule has 0 aliphatic carbocycles. The summed E-state index contributed by atoms with van der Waals surface area (Å²) in [5.74, 6) is 0.926. The van der Waals surface area contributed by atoms with Crippen LogP contribution < -0.4 is 5.73 Å². The molecule has 1 aromatic carbocycles. The molecular weight excluding hydrogens is 248 g/mol. The van der Waals surface area contributed by atoms with Gasteiger partial charge in [0, 0.05) is 29.8 Å². The maximum absolute atomic E-state index is 5.72. The highest BCUT2D eigenvalue weighted by Crippen LogP contribution is 2.20. The van der Waals surface area contributed by atoms with E-state index in [2.05, 4.69) is 27.5 Å². The van der Waals surface area contributed by atoms with Crippen LogP contribution in [0.1, 0.15) is 11.3 Å². The minimum atomic E-state index is 0.715. The third-order valence-corrected chi connectivity index (χ3v) is 3.32. The monoisotopic (exact) mass is 264 g/mol. The zero-order valence-corrected chi connectivity index (χ0v) is 11.3. The van der Waals surface area contributed by atoms with E-state index in [1.54, 1.807) is 0 Å². The second-order valence-corrected chi connectivity index (χ2v) is 4.77. The lowest BCUT2D eigenvalue weighted by molar-refractivity contribution is 0.775. The zero-order valence-electron chi connectivity index (χ0n) is 11.3. The van der Waals surface area contributed by atoms with Gasteiger partial charge in [-0.05, 0) is 42.8 Å². The predicted molar refractivity (Wildman–Crippen MR) is 80.2 cm³/mol. The van der Waals surface area contributed by atoms with Crippen LogP contribution in [0.25, 0.3) is 11.4 Å². The first kappa shape index (κ1) is 12.4. The van der Waals surface area contributed by atoms with Gasteiger partial charge in [0.15, 0.2) is 0 Å². The second-order valence-electron chi connectivity index (χ2n) is 4.77. The molecule has 0 radical (unpaired) electrons. The van der Waals surface area contributed by atoms with Gasteiger partial charge in [0.2, 0.25) is 0 Å². The molecule has 0 saturated heterocycles. The maximum atomic E-state index is 5.72. The number of imidazole rings is 1. The number of aryl methyl sites for hydroxylation is 1. The summed E-state index contributed by atoms with van der Waals surface area (Å²) >= 11 is 0. The summed E-state index contributed by atoms with van der Waals surface area (Å²) in [5, 5.41) is 0. The molecule has 0 atom stereocenters. The van der Waals surface area contributed by atoms with E-state index in [9.17, 15) is 0 Å². The molecule has 0 aliphatic heterocycles. The Morgan fingerprint density at radius 3 is 2.60 bits per heavy atom. The average molecular weight is 264 g/mol. The molecule has 0 spiro atoms. The Balaban J connectivity index is 1.95. The highest BCUT2D eigenvalue weighted by molar-refractivity contribution is 5.59. The molecule has 0 fully saturated rings. The van der Waals surface area contributed by atoms with E-state index < -0.39 is 0 Å². The highest BCUT2D eigenvalue weighted by Gasteiger charge is 2.08. The van der Waals surface area contributed by atoms with Crippen molar-refractivity contribution in [1.82, 2.24) is 14.5 Å². The summed E-state index contributed by atoms with van der Waals surface area (Å²) in [5.41, 5.74) is 9.78. The number of nitrogens with zero attached hydrogens (tertiary/aromatic N) is 3. The molecule has 20 heavy (non-hydrogen) atoms. The van der Waals surface area contributed by atoms with E-state index in [1.165, 1.54) is 5.56 Å². The Hall–Kier alpha value is -2.62. The minimum absolute atomic E-state index is 0.715. The maximum Gasteiger partial charge on any atom is 0.140 e. The van der Waals surface area contributed by atoms with Crippen LogP contribution in [0.15, 0.2) is 55.0 Å². The van der Waals surface area contributed by atoms with Crippen LogP contribution >= 0.6 is 0 Å². The van der Waals surface area contributed by atoms with E-state index in [1.807, 2.05) is 48.9 Å². The molecule has 100 valence electrons. The van der Waals surface area contributed by atoms with E-state index >= 15 is 0 Å². The lowest BCUT2D eigenvalue weighted by atomic mass is 10.2. The summed E-state index contributed by atoms with van der Waals surface area (Å²) in [4.78, 5) is 8.87. The largest absolute Gasteiger partial charge is 0.399 e. The standard InChI is InChI=1S/C16H16N4/c1-12-3-2-8-18-15(12)11-20-10-9-19-16(20)13-4-6-14(17)7-5-13/h2-10H,11,17H2,1H3. The molecular formula is C16H16N4. The molecule has 2 heterocycles. The number of benzene rings is 1. The Morgan fingerprint density at radius 1 is 1.05 bits per heavy atom. The number of hydrogen-bond donors (Lipinski definition) is 1. The molecule has 3 aromatic rings. The Bertz CT molecular complexity index is 713. The number of nitrogen functional groups attached to an aromatic ring is 1. The van der Waals surface area contributed by atoms with Crippen LogP contribution in [-0.4, -0.2) is 14.5 Å². The predicted octanol–water partition coefficient (Wildman–Crippen LogP) is 2.88. The number of anilines is 1. The first-order valence-corrected chi connectivity index (χ1v) is 6.51. The van der Waals surface area contributed by atoms with Gasteiger partial charge in [-0.25, -0.2) is 4.98 Å². The van der Waals surface area contributed by atoms with Gasteiger partial charge in [0.05, 0.1) is 12.2 Å². The van der Waals surface area contributed by atoms with Gasteiger partial charge in [0.25, 0.3) is 0 Å². The van der Waals surface area contributed by atoms with Crippen molar-refractivity contribution in [3.05, 3.63) is 66.2 Å². The van der Waals surface area contributed by atoms with Gasteiger partial charge in [-0.15, -0.1) is 0 Å². The number of rotatable bonds is 3. The molecule has 0 bridgehead atoms. The molecule has 2 N–H and O–H groups in total. The summed E-state index contributed by atoms with van der Waals surface area (Å²) < 4.78 is 2.10. The molecule has 0 amide bonds. The first-order valence-electron chi connectivity index (χ1n) is 6.51. The first-order chi connectivity index (χ1) is 9.74. The quantitative estimate of drug-likeness (QED) is 0.740. The summed E-state index contributed by atoms with van der Waals surface area (Å²) in [6, 6.07) is 11.8. The number of pyridine rings is 1. The van der Waals surface area contributed by atoms with Crippen molar-refractivity contribution in [3.8, 4) is 11.4 Å². The molecule has 0 unspecified atom stereocenters. The molecule has 3 rings (SSSR count). The van der Waals surface area contributed by atoms with E-state index in [4.69, 9.17) is 5.73 Å². The fourth-order valence-corrected chi connectivity index (χ4v) is 2.17. The van der Waals surface area contributed by atoms with Crippen molar-refractivity contribution in [2.45, 2.75) is 13.5 Å². The van der Waals surface area contributed by atoms with E-state index in [0.717, 1.165) is 22.8 Å². The summed E-state index contributed by atoms with van der Waals surface area (Å²) in [6.07, 6.45) is 5.60. The van der Waals surface area contributed by atoms with Gasteiger partial charge in [-0.3, -0.25) is 4.98 Å². The fraction of sp³-hybridized carbons (Fsp3) is 0.125. The smallest absolute Gasteiger partial charge is 0.140 e. The highest BCUT2D eigenvalue weighted by atomic mass is 15.1. The van der Waals surface area contributed by atoms with Gasteiger partial charge >= 0.3 is 0 Å². The molecule has 4 heteroatoms. The number of nitrogens with two attached hydrogens (primary N) is 1. The Morgan fingerprint density at radius 2 is 1.85 bits per heavy atom. The summed E-state index contributed by atoms with van der Waals surface area (Å²) in [7, 11) is 0. The fourth-order valence-electron chi connectivity index (χ4n) is 2.17. The van der Waals surface area contributed by atoms with Crippen molar-refractivity contribution < 1.29 is 0 Å². The molecule has 4 nitrogen and oxygen atoms in total. The van der Waals surface area contributed by atoms with Crippen LogP contribution in [-0.2, 0) is 6.54 Å². The normalized spacial score (nSPS) is 10.7. The summed E-state index contributed by atoms with van der Waals surface area (Å²) in [6.45, 7) is 2.79. The Labute approximate surface area is 117 Å². The van der Waals surface area contributed by atoms with Crippen molar-refractivity contribution in [2.24, 2.45) is 0 Å². The van der Waals surface area contributed by atoms with Crippen LogP contribution in [0.2, 0.25) is 0 Å². The molecule has 0 saturated carbocycles. The van der Waals surface area contributed by atoms with Crippen molar-refractivity contribution in [1.29, 1.82) is 0 Å². The number of hydrogen-bond acceptors (Lipinski definition) is 3. The van der Waals surface area contributed by atoms with Gasteiger partial charge in [-0.1, -0.05) is 6.07 Å². The van der Waals surface area contributed by atoms with E-state index in [-0.39, 0.29) is 0 Å². The topological polar surface area (TPSA) is 56.7 Å². The second kappa shape index (κ2) is 5.17. The van der Waals surface area contributed by atoms with Gasteiger partial charge < -0.3 is 10.3 Å². The van der Waals surface area contributed by atoms with Crippen LogP contribution in [0.5, 0.6) is 0 Å². The van der Waals surface area contributed by atoms with E-state index in [0.29, 0.717) is 6.54 Å². The zero-order chi connectivity index (χ0) is 13.9. The SMILES string of the molecule is Cc1cccnc1Cn1ccnc1-c1ccc(N)cc1. The van der Waals surface area contributed by atoms with Crippen molar-refractivity contribution in [2.75, 3.05) is 5.73 Å². The van der Waals surface area contributed by atoms with Gasteiger partial charge in [-0.2, -0.15) is 0 Å². The Kier molecular flexibility index (Phi) is 3.21. The van der Waals surface area contributed by atoms with Crippen molar-refractivity contribution >= 4 is 5.69 Å².